The standard InChI is InChI=1S/C19H21ClN2O3S/c1-25-15-4-2-14(3-5-15)21-10-12-22(13-11-21)19(24)9-6-16(23)17-7-8-18(20)26-17/h2-5,7-8H,6,9-13H2,1H3. The number of Topliss-reactive ketones (excluding diaryl/α,β-unsaturated/α-hetero) is 1. The minimum absolute atomic E-state index is 0.0212. The number of ether oxygens (including phenoxy) is 1. The lowest BCUT2D eigenvalue weighted by atomic mass is 10.1. The molecule has 0 atom stereocenters. The van der Waals surface area contributed by atoms with Gasteiger partial charge in [-0.3, -0.25) is 9.59 Å². The van der Waals surface area contributed by atoms with Crippen molar-refractivity contribution in [3.63, 3.8) is 0 Å². The summed E-state index contributed by atoms with van der Waals surface area (Å²) in [5, 5.41) is 0. The summed E-state index contributed by atoms with van der Waals surface area (Å²) in [6.07, 6.45) is 0.477. The normalized spacial score (nSPS) is 14.4. The maximum absolute atomic E-state index is 12.4. The molecule has 1 aromatic carbocycles. The van der Waals surface area contributed by atoms with E-state index in [1.165, 1.54) is 11.3 Å². The van der Waals surface area contributed by atoms with E-state index in [-0.39, 0.29) is 24.5 Å². The smallest absolute Gasteiger partial charge is 0.223 e. The molecular formula is C19H21ClN2O3S. The Morgan fingerprint density at radius 2 is 1.73 bits per heavy atom. The van der Waals surface area contributed by atoms with Crippen molar-refractivity contribution in [2.75, 3.05) is 38.2 Å². The predicted molar refractivity (Wildman–Crippen MR) is 105 cm³/mol. The molecule has 2 heterocycles. The lowest BCUT2D eigenvalue weighted by Gasteiger charge is -2.36. The zero-order valence-corrected chi connectivity index (χ0v) is 16.2. The fourth-order valence-corrected chi connectivity index (χ4v) is 3.98. The molecule has 0 aliphatic carbocycles. The zero-order valence-electron chi connectivity index (χ0n) is 14.6. The van der Waals surface area contributed by atoms with Crippen LogP contribution in [0, 0.1) is 0 Å². The third-order valence-electron chi connectivity index (χ3n) is 4.48. The number of anilines is 1. The number of halogens is 1. The molecule has 2 aromatic rings. The van der Waals surface area contributed by atoms with Crippen LogP contribution in [0.15, 0.2) is 36.4 Å². The Morgan fingerprint density at radius 3 is 2.31 bits per heavy atom. The van der Waals surface area contributed by atoms with Crippen molar-refractivity contribution < 1.29 is 14.3 Å². The molecule has 3 rings (SSSR count). The number of carbonyl (C=O) groups excluding carboxylic acids is 2. The maximum atomic E-state index is 12.4. The fraction of sp³-hybridized carbons (Fsp3) is 0.368. The number of ketones is 1. The lowest BCUT2D eigenvalue weighted by molar-refractivity contribution is -0.131. The van der Waals surface area contributed by atoms with Crippen LogP contribution in [0.25, 0.3) is 0 Å². The molecule has 1 aromatic heterocycles. The molecule has 0 spiro atoms. The van der Waals surface area contributed by atoms with E-state index in [0.717, 1.165) is 24.5 Å². The highest BCUT2D eigenvalue weighted by molar-refractivity contribution is 7.18. The zero-order chi connectivity index (χ0) is 18.5. The molecule has 0 bridgehead atoms. The predicted octanol–water partition coefficient (Wildman–Crippen LogP) is 3.72. The van der Waals surface area contributed by atoms with Crippen LogP contribution in [0.2, 0.25) is 4.34 Å². The second-order valence-corrected chi connectivity index (χ2v) is 7.81. The van der Waals surface area contributed by atoms with Crippen LogP contribution in [-0.4, -0.2) is 49.9 Å². The molecule has 5 nitrogen and oxygen atoms in total. The van der Waals surface area contributed by atoms with Gasteiger partial charge in [0.1, 0.15) is 5.75 Å². The number of piperazine rings is 1. The van der Waals surface area contributed by atoms with Crippen LogP contribution in [-0.2, 0) is 4.79 Å². The first-order valence-corrected chi connectivity index (χ1v) is 9.71. The van der Waals surface area contributed by atoms with Gasteiger partial charge >= 0.3 is 0 Å². The first-order chi connectivity index (χ1) is 12.6. The summed E-state index contributed by atoms with van der Waals surface area (Å²) in [6, 6.07) is 11.4. The van der Waals surface area contributed by atoms with Crippen molar-refractivity contribution in [3.05, 3.63) is 45.6 Å². The summed E-state index contributed by atoms with van der Waals surface area (Å²) < 4.78 is 5.77. The third-order valence-corrected chi connectivity index (χ3v) is 5.76. The van der Waals surface area contributed by atoms with Crippen molar-refractivity contribution in [1.29, 1.82) is 0 Å². The minimum atomic E-state index is -0.0212. The van der Waals surface area contributed by atoms with Gasteiger partial charge in [0.15, 0.2) is 5.78 Å². The number of carbonyl (C=O) groups is 2. The first-order valence-electron chi connectivity index (χ1n) is 8.52. The number of hydrogen-bond acceptors (Lipinski definition) is 5. The Labute approximate surface area is 162 Å². The van der Waals surface area contributed by atoms with E-state index in [1.54, 1.807) is 19.2 Å². The van der Waals surface area contributed by atoms with Crippen molar-refractivity contribution in [1.82, 2.24) is 4.90 Å². The number of rotatable bonds is 6. The van der Waals surface area contributed by atoms with Gasteiger partial charge in [0.05, 0.1) is 16.3 Å². The number of nitrogens with zero attached hydrogens (tertiary/aromatic N) is 2. The Hall–Kier alpha value is -2.05. The Morgan fingerprint density at radius 1 is 1.04 bits per heavy atom. The van der Waals surface area contributed by atoms with Crippen LogP contribution in [0.4, 0.5) is 5.69 Å². The van der Waals surface area contributed by atoms with E-state index in [4.69, 9.17) is 16.3 Å². The summed E-state index contributed by atoms with van der Waals surface area (Å²) in [5.74, 6) is 0.849. The second kappa shape index (κ2) is 8.56. The number of hydrogen-bond donors (Lipinski definition) is 0. The Kier molecular flexibility index (Phi) is 6.16. The van der Waals surface area contributed by atoms with E-state index in [2.05, 4.69) is 4.90 Å². The van der Waals surface area contributed by atoms with Crippen LogP contribution in [0.1, 0.15) is 22.5 Å². The molecular weight excluding hydrogens is 372 g/mol. The van der Waals surface area contributed by atoms with Crippen molar-refractivity contribution in [2.45, 2.75) is 12.8 Å². The third kappa shape index (κ3) is 4.56. The Bertz CT molecular complexity index is 767. The van der Waals surface area contributed by atoms with Gasteiger partial charge < -0.3 is 14.5 Å². The van der Waals surface area contributed by atoms with Gasteiger partial charge in [0, 0.05) is 44.7 Å². The summed E-state index contributed by atoms with van der Waals surface area (Å²) in [4.78, 5) is 29.2. The summed E-state index contributed by atoms with van der Waals surface area (Å²) in [5.41, 5.74) is 1.13. The summed E-state index contributed by atoms with van der Waals surface area (Å²) in [6.45, 7) is 2.91. The van der Waals surface area contributed by atoms with Gasteiger partial charge in [-0.2, -0.15) is 0 Å². The number of amides is 1. The molecule has 7 heteroatoms. The van der Waals surface area contributed by atoms with Gasteiger partial charge in [-0.25, -0.2) is 0 Å². The largest absolute Gasteiger partial charge is 0.497 e. The van der Waals surface area contributed by atoms with Gasteiger partial charge in [0.25, 0.3) is 0 Å². The Balaban J connectivity index is 1.46. The van der Waals surface area contributed by atoms with Crippen LogP contribution >= 0.6 is 22.9 Å². The topological polar surface area (TPSA) is 49.9 Å². The molecule has 26 heavy (non-hydrogen) atoms. The summed E-state index contributed by atoms with van der Waals surface area (Å²) in [7, 11) is 1.65. The minimum Gasteiger partial charge on any atom is -0.497 e. The highest BCUT2D eigenvalue weighted by atomic mass is 35.5. The number of methoxy groups -OCH3 is 1. The van der Waals surface area contributed by atoms with Gasteiger partial charge in [0.2, 0.25) is 5.91 Å². The number of benzene rings is 1. The van der Waals surface area contributed by atoms with E-state index >= 15 is 0 Å². The van der Waals surface area contributed by atoms with Gasteiger partial charge in [-0.1, -0.05) is 11.6 Å². The van der Waals surface area contributed by atoms with Crippen LogP contribution < -0.4 is 9.64 Å². The monoisotopic (exact) mass is 392 g/mol. The molecule has 1 amide bonds. The lowest BCUT2D eigenvalue weighted by Crippen LogP contribution is -2.48. The van der Waals surface area contributed by atoms with Crippen molar-refractivity contribution in [2.24, 2.45) is 0 Å². The highest BCUT2D eigenvalue weighted by Gasteiger charge is 2.22. The van der Waals surface area contributed by atoms with Crippen LogP contribution in [0.5, 0.6) is 5.75 Å². The average Bonchev–Trinajstić information content (AvgIpc) is 3.12. The first kappa shape index (κ1) is 18.7. The van der Waals surface area contributed by atoms with Crippen molar-refractivity contribution >= 4 is 40.3 Å². The SMILES string of the molecule is COc1ccc(N2CCN(C(=O)CCC(=O)c3ccc(Cl)s3)CC2)cc1. The fourth-order valence-electron chi connectivity index (χ4n) is 2.97. The van der Waals surface area contributed by atoms with E-state index in [1.807, 2.05) is 29.2 Å². The second-order valence-electron chi connectivity index (χ2n) is 6.09. The van der Waals surface area contributed by atoms with E-state index in [9.17, 15) is 9.59 Å². The highest BCUT2D eigenvalue weighted by Crippen LogP contribution is 2.23. The van der Waals surface area contributed by atoms with Crippen molar-refractivity contribution in [3.8, 4) is 5.75 Å². The van der Waals surface area contributed by atoms with Gasteiger partial charge in [-0.15, -0.1) is 11.3 Å². The van der Waals surface area contributed by atoms with E-state index in [0.29, 0.717) is 22.3 Å². The molecule has 0 saturated carbocycles. The molecule has 138 valence electrons. The molecule has 0 radical (unpaired) electrons. The average molecular weight is 393 g/mol. The molecule has 1 fully saturated rings. The quantitative estimate of drug-likeness (QED) is 0.703. The molecule has 1 aliphatic heterocycles. The van der Waals surface area contributed by atoms with Crippen LogP contribution in [0.3, 0.4) is 0 Å². The number of thiophene rings is 1. The van der Waals surface area contributed by atoms with E-state index < -0.39 is 0 Å². The summed E-state index contributed by atoms with van der Waals surface area (Å²) >= 11 is 7.11. The molecule has 0 N–H and O–H groups in total. The molecule has 1 saturated heterocycles. The molecule has 1 aliphatic rings. The molecule has 0 unspecified atom stereocenters. The van der Waals surface area contributed by atoms with Gasteiger partial charge in [-0.05, 0) is 36.4 Å². The maximum Gasteiger partial charge on any atom is 0.223 e.